The molecule has 0 radical (unpaired) electrons. The van der Waals surface area contributed by atoms with E-state index in [4.69, 9.17) is 9.72 Å². The zero-order chi connectivity index (χ0) is 22.1. The Bertz CT molecular complexity index is 1400. The molecule has 0 bridgehead atoms. The second-order valence-electron chi connectivity index (χ2n) is 7.57. The normalized spacial score (nSPS) is 11.2. The maximum Gasteiger partial charge on any atom is 0.133 e. The van der Waals surface area contributed by atoms with Gasteiger partial charge in [-0.15, -0.1) is 0 Å². The van der Waals surface area contributed by atoms with E-state index in [1.807, 2.05) is 54.8 Å². The van der Waals surface area contributed by atoms with Crippen molar-refractivity contribution in [3.63, 3.8) is 0 Å². The van der Waals surface area contributed by atoms with Crippen LogP contribution in [0.5, 0.6) is 5.75 Å². The third kappa shape index (κ3) is 3.71. The number of rotatable bonds is 6. The summed E-state index contributed by atoms with van der Waals surface area (Å²) in [6, 6.07) is 8.09. The molecule has 5 rings (SSSR count). The van der Waals surface area contributed by atoms with Gasteiger partial charge in [-0.05, 0) is 24.6 Å². The number of fused-ring (bicyclic) bond motifs is 1. The number of nitrogens with zero attached hydrogens (tertiary/aromatic N) is 7. The molecule has 8 nitrogen and oxygen atoms in total. The first kappa shape index (κ1) is 19.9. The predicted molar refractivity (Wildman–Crippen MR) is 122 cm³/mol. The lowest BCUT2D eigenvalue weighted by Gasteiger charge is -2.11. The van der Waals surface area contributed by atoms with Gasteiger partial charge >= 0.3 is 0 Å². The van der Waals surface area contributed by atoms with Crippen LogP contribution < -0.4 is 4.74 Å². The van der Waals surface area contributed by atoms with Crippen molar-refractivity contribution < 1.29 is 4.74 Å². The molecule has 0 amide bonds. The van der Waals surface area contributed by atoms with Crippen LogP contribution in [0.1, 0.15) is 18.3 Å². The highest BCUT2D eigenvalue weighted by Crippen LogP contribution is 2.29. The van der Waals surface area contributed by atoms with Crippen molar-refractivity contribution in [3.8, 4) is 28.1 Å². The van der Waals surface area contributed by atoms with Crippen LogP contribution in [0.2, 0.25) is 0 Å². The molecule has 160 valence electrons. The van der Waals surface area contributed by atoms with Gasteiger partial charge in [0.05, 0.1) is 25.2 Å². The molecule has 0 spiro atoms. The van der Waals surface area contributed by atoms with Crippen molar-refractivity contribution in [2.24, 2.45) is 7.05 Å². The van der Waals surface area contributed by atoms with Crippen LogP contribution in [-0.2, 0) is 20.0 Å². The minimum absolute atomic E-state index is 0.551. The zero-order valence-corrected chi connectivity index (χ0v) is 18.2. The lowest BCUT2D eigenvalue weighted by molar-refractivity contribution is 0.410. The molecule has 4 heterocycles. The van der Waals surface area contributed by atoms with E-state index in [1.54, 1.807) is 18.0 Å². The fourth-order valence-corrected chi connectivity index (χ4v) is 3.76. The van der Waals surface area contributed by atoms with Crippen LogP contribution in [0.25, 0.3) is 33.3 Å². The number of aromatic nitrogens is 7. The molecule has 0 aliphatic rings. The van der Waals surface area contributed by atoms with Crippen molar-refractivity contribution in [1.82, 2.24) is 34.5 Å². The molecular formula is C24H23N7O. The zero-order valence-electron chi connectivity index (χ0n) is 18.2. The van der Waals surface area contributed by atoms with Gasteiger partial charge < -0.3 is 4.74 Å². The Morgan fingerprint density at radius 3 is 2.56 bits per heavy atom. The molecule has 5 aromatic rings. The Morgan fingerprint density at radius 1 is 0.938 bits per heavy atom. The SMILES string of the molecule is CCn1cc(-c2nccc3cnc(Cc4ccc(-c5cnn(C)c5)cc4OC)nc23)cn1. The van der Waals surface area contributed by atoms with Crippen LogP contribution in [0.15, 0.2) is 61.4 Å². The van der Waals surface area contributed by atoms with Gasteiger partial charge in [-0.25, -0.2) is 9.97 Å². The van der Waals surface area contributed by atoms with Crippen molar-refractivity contribution in [3.05, 3.63) is 72.8 Å². The van der Waals surface area contributed by atoms with Crippen LogP contribution in [0.4, 0.5) is 0 Å². The van der Waals surface area contributed by atoms with Crippen molar-refractivity contribution >= 4 is 10.9 Å². The van der Waals surface area contributed by atoms with E-state index < -0.39 is 0 Å². The maximum absolute atomic E-state index is 5.68. The molecule has 4 aromatic heterocycles. The van der Waals surface area contributed by atoms with Crippen molar-refractivity contribution in [2.75, 3.05) is 7.11 Å². The van der Waals surface area contributed by atoms with Gasteiger partial charge in [-0.2, -0.15) is 10.2 Å². The number of aryl methyl sites for hydroxylation is 2. The predicted octanol–water partition coefficient (Wildman–Crippen LogP) is 3.91. The second-order valence-corrected chi connectivity index (χ2v) is 7.57. The second kappa shape index (κ2) is 8.22. The summed E-state index contributed by atoms with van der Waals surface area (Å²) >= 11 is 0. The summed E-state index contributed by atoms with van der Waals surface area (Å²) in [5, 5.41) is 9.57. The summed E-state index contributed by atoms with van der Waals surface area (Å²) in [5.41, 5.74) is 5.69. The van der Waals surface area contributed by atoms with E-state index >= 15 is 0 Å². The van der Waals surface area contributed by atoms with E-state index in [2.05, 4.69) is 39.2 Å². The third-order valence-corrected chi connectivity index (χ3v) is 5.45. The van der Waals surface area contributed by atoms with Gasteiger partial charge in [0.1, 0.15) is 17.1 Å². The molecule has 8 heteroatoms. The van der Waals surface area contributed by atoms with Gasteiger partial charge in [-0.3, -0.25) is 14.3 Å². The lowest BCUT2D eigenvalue weighted by Crippen LogP contribution is -2.01. The Labute approximate surface area is 185 Å². The molecule has 0 aliphatic heterocycles. The summed E-state index contributed by atoms with van der Waals surface area (Å²) in [5.74, 6) is 1.51. The number of hydrogen-bond acceptors (Lipinski definition) is 6. The fraction of sp³-hybridized carbons (Fsp3) is 0.208. The van der Waals surface area contributed by atoms with E-state index in [0.717, 1.165) is 51.1 Å². The Kier molecular flexibility index (Phi) is 5.10. The van der Waals surface area contributed by atoms with E-state index in [-0.39, 0.29) is 0 Å². The first-order valence-corrected chi connectivity index (χ1v) is 10.4. The van der Waals surface area contributed by atoms with Gasteiger partial charge in [0, 0.05) is 66.9 Å². The highest BCUT2D eigenvalue weighted by molar-refractivity contribution is 5.90. The molecule has 1 aromatic carbocycles. The fourth-order valence-electron chi connectivity index (χ4n) is 3.76. The molecule has 0 aliphatic carbocycles. The highest BCUT2D eigenvalue weighted by atomic mass is 16.5. The van der Waals surface area contributed by atoms with E-state index in [9.17, 15) is 0 Å². The molecule has 0 fully saturated rings. The first-order valence-electron chi connectivity index (χ1n) is 10.4. The number of ether oxygens (including phenoxy) is 1. The Morgan fingerprint density at radius 2 is 1.81 bits per heavy atom. The molecule has 0 N–H and O–H groups in total. The molecule has 32 heavy (non-hydrogen) atoms. The Hall–Kier alpha value is -4.07. The van der Waals surface area contributed by atoms with Gasteiger partial charge in [0.15, 0.2) is 0 Å². The Balaban J connectivity index is 1.51. The van der Waals surface area contributed by atoms with Crippen molar-refractivity contribution in [2.45, 2.75) is 19.9 Å². The summed E-state index contributed by atoms with van der Waals surface area (Å²) in [6.07, 6.45) is 11.8. The average molecular weight is 425 g/mol. The number of methoxy groups -OCH3 is 1. The quantitative estimate of drug-likeness (QED) is 0.410. The molecular weight excluding hydrogens is 402 g/mol. The summed E-state index contributed by atoms with van der Waals surface area (Å²) in [4.78, 5) is 14.0. The molecule has 0 saturated heterocycles. The molecule has 0 atom stereocenters. The first-order chi connectivity index (χ1) is 15.6. The average Bonchev–Trinajstić information content (AvgIpc) is 3.48. The monoisotopic (exact) mass is 425 g/mol. The van der Waals surface area contributed by atoms with Gasteiger partial charge in [0.25, 0.3) is 0 Å². The lowest BCUT2D eigenvalue weighted by atomic mass is 10.0. The van der Waals surface area contributed by atoms with Crippen molar-refractivity contribution in [1.29, 1.82) is 0 Å². The summed E-state index contributed by atoms with van der Waals surface area (Å²) in [6.45, 7) is 2.86. The number of hydrogen-bond donors (Lipinski definition) is 0. The minimum atomic E-state index is 0.551. The van der Waals surface area contributed by atoms with Crippen LogP contribution in [0.3, 0.4) is 0 Å². The summed E-state index contributed by atoms with van der Waals surface area (Å²) < 4.78 is 9.34. The van der Waals surface area contributed by atoms with Gasteiger partial charge in [0.2, 0.25) is 0 Å². The van der Waals surface area contributed by atoms with E-state index in [0.29, 0.717) is 12.2 Å². The number of benzene rings is 1. The smallest absolute Gasteiger partial charge is 0.133 e. The minimum Gasteiger partial charge on any atom is -0.496 e. The van der Waals surface area contributed by atoms with Gasteiger partial charge in [-0.1, -0.05) is 12.1 Å². The maximum atomic E-state index is 5.68. The summed E-state index contributed by atoms with van der Waals surface area (Å²) in [7, 11) is 3.59. The van der Waals surface area contributed by atoms with Crippen LogP contribution >= 0.6 is 0 Å². The van der Waals surface area contributed by atoms with Crippen LogP contribution in [-0.4, -0.2) is 41.6 Å². The molecule has 0 unspecified atom stereocenters. The van der Waals surface area contributed by atoms with E-state index in [1.165, 1.54) is 0 Å². The standard InChI is InChI=1S/C24H23N7O/c1-4-31-15-20(13-28-31)23-24-18(7-8-25-23)11-26-22(29-24)10-17-6-5-16(9-21(17)32-3)19-12-27-30(2)14-19/h5-9,11-15H,4,10H2,1-3H3. The number of pyridine rings is 1. The third-order valence-electron chi connectivity index (χ3n) is 5.45. The highest BCUT2D eigenvalue weighted by Gasteiger charge is 2.13. The topological polar surface area (TPSA) is 83.5 Å². The molecule has 0 saturated carbocycles. The largest absolute Gasteiger partial charge is 0.496 e. The van der Waals surface area contributed by atoms with Crippen LogP contribution in [0, 0.1) is 0 Å².